The first-order valence-corrected chi connectivity index (χ1v) is 10.5. The fraction of sp³-hybridized carbons (Fsp3) is 0.280. The van der Waals surface area contributed by atoms with Crippen molar-refractivity contribution in [1.82, 2.24) is 0 Å². The highest BCUT2D eigenvalue weighted by molar-refractivity contribution is 6.01. The van der Waals surface area contributed by atoms with Crippen molar-refractivity contribution in [2.24, 2.45) is 11.1 Å². The minimum atomic E-state index is -0.613. The molecule has 0 bridgehead atoms. The van der Waals surface area contributed by atoms with E-state index >= 15 is 0 Å². The van der Waals surface area contributed by atoms with Crippen molar-refractivity contribution in [1.29, 1.82) is 5.26 Å². The third kappa shape index (κ3) is 3.82. The molecule has 33 heavy (non-hydrogen) atoms. The van der Waals surface area contributed by atoms with Crippen molar-refractivity contribution in [3.05, 3.63) is 86.9 Å². The number of carbonyl (C=O) groups excluding carboxylic acids is 1. The van der Waals surface area contributed by atoms with Gasteiger partial charge in [-0.3, -0.25) is 19.8 Å². The molecule has 0 spiro atoms. The molecule has 0 radical (unpaired) electrons. The lowest BCUT2D eigenvalue weighted by Crippen LogP contribution is -2.42. The van der Waals surface area contributed by atoms with Gasteiger partial charge in [-0.15, -0.1) is 0 Å². The maximum Gasteiger partial charge on any atom is 0.269 e. The summed E-state index contributed by atoms with van der Waals surface area (Å²) in [4.78, 5) is 25.8. The van der Waals surface area contributed by atoms with Crippen molar-refractivity contribution >= 4 is 17.2 Å². The molecule has 0 fully saturated rings. The van der Waals surface area contributed by atoms with Crippen LogP contribution < -0.4 is 15.4 Å². The second-order valence-corrected chi connectivity index (χ2v) is 9.03. The zero-order chi connectivity index (χ0) is 23.9. The van der Waals surface area contributed by atoms with Gasteiger partial charge in [-0.25, -0.2) is 0 Å². The van der Waals surface area contributed by atoms with Gasteiger partial charge in [-0.1, -0.05) is 26.0 Å². The van der Waals surface area contributed by atoms with Crippen LogP contribution in [0.1, 0.15) is 38.2 Å². The predicted molar refractivity (Wildman–Crippen MR) is 123 cm³/mol. The lowest BCUT2D eigenvalue weighted by Gasteiger charge is -2.43. The number of ketones is 1. The largest absolute Gasteiger partial charge is 0.497 e. The molecule has 1 atom stereocenters. The van der Waals surface area contributed by atoms with Gasteiger partial charge in [0.25, 0.3) is 5.69 Å². The topological polar surface area (TPSA) is 122 Å². The molecule has 1 unspecified atom stereocenters. The lowest BCUT2D eigenvalue weighted by molar-refractivity contribution is -0.384. The van der Waals surface area contributed by atoms with Crippen molar-refractivity contribution in [2.45, 2.75) is 32.6 Å². The van der Waals surface area contributed by atoms with E-state index in [0.29, 0.717) is 29.9 Å². The number of allylic oxidation sites excluding steroid dienone is 3. The van der Waals surface area contributed by atoms with E-state index in [1.807, 2.05) is 32.0 Å². The van der Waals surface area contributed by atoms with E-state index in [1.165, 1.54) is 12.1 Å². The second-order valence-electron chi connectivity index (χ2n) is 9.03. The number of benzene rings is 2. The molecular weight excluding hydrogens is 420 g/mol. The maximum absolute atomic E-state index is 13.5. The number of Topliss-reactive ketones (excluding diaryl/α,β-unsaturated/α-hetero) is 1. The van der Waals surface area contributed by atoms with Crippen molar-refractivity contribution in [2.75, 3.05) is 12.0 Å². The van der Waals surface area contributed by atoms with Crippen LogP contribution in [0, 0.1) is 26.9 Å². The van der Waals surface area contributed by atoms with E-state index in [1.54, 1.807) is 30.2 Å². The molecule has 8 heteroatoms. The van der Waals surface area contributed by atoms with Crippen LogP contribution in [-0.4, -0.2) is 17.8 Å². The van der Waals surface area contributed by atoms with E-state index in [9.17, 15) is 20.2 Å². The van der Waals surface area contributed by atoms with Crippen LogP contribution in [0.25, 0.3) is 0 Å². The fourth-order valence-corrected chi connectivity index (χ4v) is 4.68. The summed E-state index contributed by atoms with van der Waals surface area (Å²) in [6.45, 7) is 4.03. The van der Waals surface area contributed by atoms with Gasteiger partial charge in [0, 0.05) is 35.5 Å². The summed E-state index contributed by atoms with van der Waals surface area (Å²) in [7, 11) is 1.56. The van der Waals surface area contributed by atoms with Gasteiger partial charge >= 0.3 is 0 Å². The molecule has 1 aliphatic carbocycles. The first-order chi connectivity index (χ1) is 15.7. The van der Waals surface area contributed by atoms with Crippen LogP contribution in [0.5, 0.6) is 5.75 Å². The molecule has 0 saturated carbocycles. The smallest absolute Gasteiger partial charge is 0.269 e. The van der Waals surface area contributed by atoms with Gasteiger partial charge < -0.3 is 10.5 Å². The number of anilines is 1. The van der Waals surface area contributed by atoms with Crippen molar-refractivity contribution in [3.63, 3.8) is 0 Å². The molecular formula is C25H24N4O4. The van der Waals surface area contributed by atoms with Crippen LogP contribution in [-0.2, 0) is 4.79 Å². The molecule has 0 aromatic heterocycles. The normalized spacial score (nSPS) is 19.8. The Hall–Kier alpha value is -4.12. The maximum atomic E-state index is 13.5. The van der Waals surface area contributed by atoms with E-state index in [-0.39, 0.29) is 28.3 Å². The standard InChI is InChI=1S/C25H24N4O4/c1-25(2)12-20-23(21(30)13-25)22(15-5-4-6-18(11-15)33-3)19(14-26)24(27)28(20)16-7-9-17(10-8-16)29(31)32/h4-11,22H,12-13,27H2,1-3H3. The van der Waals surface area contributed by atoms with E-state index in [0.717, 1.165) is 11.3 Å². The minimum absolute atomic E-state index is 0.0405. The number of ether oxygens (including phenoxy) is 1. The Labute approximate surface area is 191 Å². The zero-order valence-corrected chi connectivity index (χ0v) is 18.7. The summed E-state index contributed by atoms with van der Waals surface area (Å²) < 4.78 is 5.36. The summed E-state index contributed by atoms with van der Waals surface area (Å²) in [5, 5.41) is 21.2. The van der Waals surface area contributed by atoms with E-state index < -0.39 is 10.8 Å². The summed E-state index contributed by atoms with van der Waals surface area (Å²) in [6.07, 6.45) is 0.907. The van der Waals surface area contributed by atoms with Gasteiger partial charge in [-0.2, -0.15) is 5.26 Å². The molecule has 1 aliphatic heterocycles. The van der Waals surface area contributed by atoms with Crippen LogP contribution in [0.3, 0.4) is 0 Å². The SMILES string of the molecule is COc1cccc(C2C(C#N)=C(N)N(c3ccc([N+](=O)[O-])cc3)C3=C2C(=O)CC(C)(C)C3)c1. The van der Waals surface area contributed by atoms with Gasteiger partial charge in [0.1, 0.15) is 11.6 Å². The monoisotopic (exact) mass is 444 g/mol. The highest BCUT2D eigenvalue weighted by atomic mass is 16.6. The Morgan fingerprint density at radius 3 is 2.52 bits per heavy atom. The Balaban J connectivity index is 1.96. The first-order valence-electron chi connectivity index (χ1n) is 10.5. The average Bonchev–Trinajstić information content (AvgIpc) is 2.77. The molecule has 2 aromatic rings. The van der Waals surface area contributed by atoms with Crippen molar-refractivity contribution in [3.8, 4) is 11.8 Å². The Morgan fingerprint density at radius 2 is 1.91 bits per heavy atom. The summed E-state index contributed by atoms with van der Waals surface area (Å²) in [5.41, 5.74) is 9.03. The van der Waals surface area contributed by atoms with Gasteiger partial charge in [0.2, 0.25) is 0 Å². The highest BCUT2D eigenvalue weighted by Crippen LogP contribution is 2.50. The lowest BCUT2D eigenvalue weighted by atomic mass is 9.68. The number of nitriles is 1. The van der Waals surface area contributed by atoms with Gasteiger partial charge in [0.05, 0.1) is 29.6 Å². The van der Waals surface area contributed by atoms with Gasteiger partial charge in [-0.05, 0) is 41.7 Å². The Kier molecular flexibility index (Phi) is 5.42. The first kappa shape index (κ1) is 22.1. The zero-order valence-electron chi connectivity index (χ0n) is 18.7. The minimum Gasteiger partial charge on any atom is -0.497 e. The summed E-state index contributed by atoms with van der Waals surface area (Å²) in [5.74, 6) is 0.176. The quantitative estimate of drug-likeness (QED) is 0.542. The number of nitro benzene ring substituents is 1. The molecule has 0 saturated heterocycles. The average molecular weight is 444 g/mol. The third-order valence-electron chi connectivity index (χ3n) is 6.13. The Bertz CT molecular complexity index is 1250. The van der Waals surface area contributed by atoms with Crippen LogP contribution in [0.4, 0.5) is 11.4 Å². The number of rotatable bonds is 4. The summed E-state index contributed by atoms with van der Waals surface area (Å²) in [6, 6.07) is 15.5. The van der Waals surface area contributed by atoms with Gasteiger partial charge in [0.15, 0.2) is 5.78 Å². The fourth-order valence-electron chi connectivity index (χ4n) is 4.68. The molecule has 4 rings (SSSR count). The number of hydrogen-bond donors (Lipinski definition) is 1. The number of nitrogens with zero attached hydrogens (tertiary/aromatic N) is 3. The molecule has 2 aliphatic rings. The van der Waals surface area contributed by atoms with Crippen LogP contribution in [0.2, 0.25) is 0 Å². The molecule has 0 amide bonds. The Morgan fingerprint density at radius 1 is 1.21 bits per heavy atom. The van der Waals surface area contributed by atoms with E-state index in [2.05, 4.69) is 6.07 Å². The van der Waals surface area contributed by atoms with Crippen LogP contribution in [0.15, 0.2) is 71.2 Å². The third-order valence-corrected chi connectivity index (χ3v) is 6.13. The predicted octanol–water partition coefficient (Wildman–Crippen LogP) is 4.54. The number of nitrogens with two attached hydrogens (primary N) is 1. The number of methoxy groups -OCH3 is 1. The number of non-ortho nitro benzene ring substituents is 1. The molecule has 2 aromatic carbocycles. The second kappa shape index (κ2) is 8.10. The van der Waals surface area contributed by atoms with E-state index in [4.69, 9.17) is 10.5 Å². The molecule has 8 nitrogen and oxygen atoms in total. The molecule has 168 valence electrons. The highest BCUT2D eigenvalue weighted by Gasteiger charge is 2.44. The molecule has 1 heterocycles. The molecule has 2 N–H and O–H groups in total. The van der Waals surface area contributed by atoms with Crippen LogP contribution >= 0.6 is 0 Å². The van der Waals surface area contributed by atoms with Crippen molar-refractivity contribution < 1.29 is 14.5 Å². The summed E-state index contributed by atoms with van der Waals surface area (Å²) >= 11 is 0. The number of hydrogen-bond acceptors (Lipinski definition) is 7. The number of nitro groups is 1. The number of carbonyl (C=O) groups is 1.